The Bertz CT molecular complexity index is 555. The highest BCUT2D eigenvalue weighted by molar-refractivity contribution is 9.10. The maximum Gasteiger partial charge on any atom is 0.232 e. The maximum atomic E-state index is 11.8. The fraction of sp³-hybridized carbons (Fsp3) is 0.462. The van der Waals surface area contributed by atoms with E-state index in [2.05, 4.69) is 21.2 Å². The van der Waals surface area contributed by atoms with Crippen molar-refractivity contribution in [1.82, 2.24) is 5.32 Å². The van der Waals surface area contributed by atoms with Crippen LogP contribution in [0.2, 0.25) is 0 Å². The minimum atomic E-state index is -3.42. The Morgan fingerprint density at radius 3 is 2.30 bits per heavy atom. The van der Waals surface area contributed by atoms with E-state index in [1.54, 1.807) is 24.3 Å². The molecule has 5 nitrogen and oxygen atoms in total. The molecule has 0 atom stereocenters. The van der Waals surface area contributed by atoms with Gasteiger partial charge in [-0.1, -0.05) is 15.9 Å². The van der Waals surface area contributed by atoms with Gasteiger partial charge in [-0.05, 0) is 38.1 Å². The van der Waals surface area contributed by atoms with Gasteiger partial charge in [0.2, 0.25) is 15.9 Å². The molecule has 0 aliphatic carbocycles. The van der Waals surface area contributed by atoms with Gasteiger partial charge in [-0.25, -0.2) is 8.42 Å². The molecule has 0 saturated carbocycles. The van der Waals surface area contributed by atoms with Crippen LogP contribution in [0.1, 0.15) is 20.3 Å². The molecule has 7 heteroatoms. The van der Waals surface area contributed by atoms with Gasteiger partial charge < -0.3 is 5.32 Å². The van der Waals surface area contributed by atoms with Crippen molar-refractivity contribution in [3.05, 3.63) is 28.7 Å². The molecule has 1 N–H and O–H groups in total. The Morgan fingerprint density at radius 2 is 1.85 bits per heavy atom. The van der Waals surface area contributed by atoms with Gasteiger partial charge in [0.05, 0.1) is 11.9 Å². The molecule has 0 aromatic heterocycles. The second kappa shape index (κ2) is 7.08. The summed E-state index contributed by atoms with van der Waals surface area (Å²) in [6.07, 6.45) is 1.26. The van der Waals surface area contributed by atoms with Crippen molar-refractivity contribution in [2.45, 2.75) is 26.3 Å². The summed E-state index contributed by atoms with van der Waals surface area (Å²) in [5.41, 5.74) is 0.549. The molecule has 20 heavy (non-hydrogen) atoms. The summed E-state index contributed by atoms with van der Waals surface area (Å²) in [4.78, 5) is 11.6. The summed E-state index contributed by atoms with van der Waals surface area (Å²) in [6.45, 7) is 3.85. The lowest BCUT2D eigenvalue weighted by atomic mass is 10.3. The van der Waals surface area contributed by atoms with Gasteiger partial charge >= 0.3 is 0 Å². The number of amides is 1. The minimum absolute atomic E-state index is 0.0434. The van der Waals surface area contributed by atoms with Gasteiger partial charge in [-0.15, -0.1) is 0 Å². The Kier molecular flexibility index (Phi) is 6.01. The highest BCUT2D eigenvalue weighted by atomic mass is 79.9. The normalized spacial score (nSPS) is 11.4. The van der Waals surface area contributed by atoms with E-state index in [1.165, 1.54) is 4.31 Å². The Hall–Kier alpha value is -1.08. The monoisotopic (exact) mass is 362 g/mol. The third-order valence-electron chi connectivity index (χ3n) is 2.51. The summed E-state index contributed by atoms with van der Waals surface area (Å²) >= 11 is 3.30. The number of sulfonamides is 1. The fourth-order valence-corrected chi connectivity index (χ4v) is 2.88. The van der Waals surface area contributed by atoms with Gasteiger partial charge in [0, 0.05) is 23.5 Å². The molecule has 0 aliphatic heterocycles. The number of halogens is 1. The smallest absolute Gasteiger partial charge is 0.232 e. The third kappa shape index (κ3) is 5.50. The first-order valence-corrected chi connectivity index (χ1v) is 8.87. The third-order valence-corrected chi connectivity index (χ3v) is 4.23. The van der Waals surface area contributed by atoms with Crippen molar-refractivity contribution in [1.29, 1.82) is 0 Å². The topological polar surface area (TPSA) is 66.5 Å². The lowest BCUT2D eigenvalue weighted by molar-refractivity contribution is -0.121. The number of carbonyl (C=O) groups is 1. The number of rotatable bonds is 6. The van der Waals surface area contributed by atoms with E-state index in [9.17, 15) is 13.2 Å². The van der Waals surface area contributed by atoms with Crippen LogP contribution in [-0.2, 0) is 14.8 Å². The summed E-state index contributed by atoms with van der Waals surface area (Å²) in [5.74, 6) is -0.161. The second-order valence-corrected chi connectivity index (χ2v) is 7.61. The molecule has 0 aliphatic rings. The van der Waals surface area contributed by atoms with E-state index in [4.69, 9.17) is 0 Å². The molecule has 1 amide bonds. The zero-order valence-electron chi connectivity index (χ0n) is 11.8. The van der Waals surface area contributed by atoms with Crippen LogP contribution in [0.3, 0.4) is 0 Å². The Labute approximate surface area is 128 Å². The number of hydrogen-bond donors (Lipinski definition) is 1. The highest BCUT2D eigenvalue weighted by Gasteiger charge is 2.18. The van der Waals surface area contributed by atoms with Crippen LogP contribution in [-0.4, -0.2) is 33.2 Å². The maximum absolute atomic E-state index is 11.8. The van der Waals surface area contributed by atoms with Gasteiger partial charge in [0.15, 0.2) is 0 Å². The van der Waals surface area contributed by atoms with E-state index in [1.807, 2.05) is 13.8 Å². The number of anilines is 1. The Balaban J connectivity index is 2.82. The summed E-state index contributed by atoms with van der Waals surface area (Å²) in [5, 5.41) is 2.74. The largest absolute Gasteiger partial charge is 0.354 e. The summed E-state index contributed by atoms with van der Waals surface area (Å²) in [6, 6.07) is 6.97. The second-order valence-electron chi connectivity index (χ2n) is 4.78. The van der Waals surface area contributed by atoms with Crippen LogP contribution < -0.4 is 9.62 Å². The van der Waals surface area contributed by atoms with Gasteiger partial charge in [-0.3, -0.25) is 9.10 Å². The quantitative estimate of drug-likeness (QED) is 0.842. The van der Waals surface area contributed by atoms with E-state index in [0.29, 0.717) is 5.69 Å². The number of carbonyl (C=O) groups excluding carboxylic acids is 1. The van der Waals surface area contributed by atoms with Crippen molar-refractivity contribution in [3.8, 4) is 0 Å². The van der Waals surface area contributed by atoms with E-state index < -0.39 is 10.0 Å². The van der Waals surface area contributed by atoms with Crippen molar-refractivity contribution < 1.29 is 13.2 Å². The van der Waals surface area contributed by atoms with E-state index in [-0.39, 0.29) is 24.9 Å². The number of nitrogens with one attached hydrogen (secondary N) is 1. The molecule has 1 aromatic rings. The first-order chi connectivity index (χ1) is 9.20. The van der Waals surface area contributed by atoms with Gasteiger partial charge in [0.25, 0.3) is 0 Å². The average Bonchev–Trinajstić information content (AvgIpc) is 2.29. The lowest BCUT2D eigenvalue weighted by Gasteiger charge is -2.22. The molecule has 112 valence electrons. The average molecular weight is 363 g/mol. The summed E-state index contributed by atoms with van der Waals surface area (Å²) in [7, 11) is -3.42. The highest BCUT2D eigenvalue weighted by Crippen LogP contribution is 2.20. The van der Waals surface area contributed by atoms with Gasteiger partial charge in [-0.2, -0.15) is 0 Å². The molecule has 0 spiro atoms. The molecule has 0 unspecified atom stereocenters. The van der Waals surface area contributed by atoms with Crippen molar-refractivity contribution >= 4 is 37.5 Å². The van der Waals surface area contributed by atoms with Crippen LogP contribution in [0.4, 0.5) is 5.69 Å². The molecule has 0 saturated heterocycles. The molecule has 0 bridgehead atoms. The zero-order valence-corrected chi connectivity index (χ0v) is 14.2. The lowest BCUT2D eigenvalue weighted by Crippen LogP contribution is -2.36. The predicted molar refractivity (Wildman–Crippen MR) is 84.2 cm³/mol. The van der Waals surface area contributed by atoms with Crippen molar-refractivity contribution in [3.63, 3.8) is 0 Å². The molecular weight excluding hydrogens is 344 g/mol. The fourth-order valence-electron chi connectivity index (χ4n) is 1.69. The molecule has 0 radical (unpaired) electrons. The number of nitrogens with zero attached hydrogens (tertiary/aromatic N) is 1. The minimum Gasteiger partial charge on any atom is -0.354 e. The van der Waals surface area contributed by atoms with Crippen molar-refractivity contribution in [2.24, 2.45) is 0 Å². The van der Waals surface area contributed by atoms with Crippen LogP contribution in [0, 0.1) is 0 Å². The first-order valence-electron chi connectivity index (χ1n) is 6.23. The van der Waals surface area contributed by atoms with E-state index >= 15 is 0 Å². The number of hydrogen-bond acceptors (Lipinski definition) is 3. The van der Waals surface area contributed by atoms with Crippen LogP contribution >= 0.6 is 15.9 Å². The first kappa shape index (κ1) is 17.0. The van der Waals surface area contributed by atoms with Gasteiger partial charge in [0.1, 0.15) is 0 Å². The number of benzene rings is 1. The predicted octanol–water partition coefficient (Wildman–Crippen LogP) is 2.13. The van der Waals surface area contributed by atoms with Crippen molar-refractivity contribution in [2.75, 3.05) is 17.1 Å². The molecule has 0 fully saturated rings. The molecule has 0 heterocycles. The standard InChI is InChI=1S/C13H19BrN2O3S/c1-10(2)15-13(17)8-9-16(20(3,18)19)12-6-4-11(14)5-7-12/h4-7,10H,8-9H2,1-3H3,(H,15,17). The van der Waals surface area contributed by atoms with Crippen LogP contribution in [0.15, 0.2) is 28.7 Å². The molecular formula is C13H19BrN2O3S. The van der Waals surface area contributed by atoms with E-state index in [0.717, 1.165) is 10.7 Å². The van der Waals surface area contributed by atoms with Crippen LogP contribution in [0.25, 0.3) is 0 Å². The van der Waals surface area contributed by atoms with Crippen LogP contribution in [0.5, 0.6) is 0 Å². The molecule has 1 aromatic carbocycles. The zero-order chi connectivity index (χ0) is 15.3. The SMILES string of the molecule is CC(C)NC(=O)CCN(c1ccc(Br)cc1)S(C)(=O)=O. The summed E-state index contributed by atoms with van der Waals surface area (Å²) < 4.78 is 25.8. The Morgan fingerprint density at radius 1 is 1.30 bits per heavy atom. The molecule has 1 rings (SSSR count).